The van der Waals surface area contributed by atoms with E-state index in [0.717, 1.165) is 93.1 Å². The molecule has 3 aromatic carbocycles. The van der Waals surface area contributed by atoms with Crippen molar-refractivity contribution in [3.05, 3.63) is 107 Å². The minimum absolute atomic E-state index is 0.225. The number of rotatable bonds is 11. The van der Waals surface area contributed by atoms with Crippen molar-refractivity contribution in [2.24, 2.45) is 11.7 Å². The van der Waals surface area contributed by atoms with Crippen LogP contribution in [0.15, 0.2) is 79.1 Å². The molecule has 5 N–H and O–H groups in total. The SMILES string of the molecule is COc1cnccc1C(=O)NCc1ccc(-c2nn3c(c2C(N)=O)Nc2ccc(N4CCN(CC5CCN(c6ccc(N7CCC(=O)NC7=O)cc6)CC5)CC4)cc2CC3)cc1C. The highest BCUT2D eigenvalue weighted by molar-refractivity contribution is 6.06. The van der Waals surface area contributed by atoms with Gasteiger partial charge in [-0.05, 0) is 103 Å². The first-order valence-electron chi connectivity index (χ1n) is 21.7. The smallest absolute Gasteiger partial charge is 0.328 e. The number of pyridine rings is 1. The summed E-state index contributed by atoms with van der Waals surface area (Å²) in [6.07, 6.45) is 6.41. The standard InChI is InChI=1S/C47H53N11O5/c1-30-25-33(3-4-34(30)27-50-46(61)38-11-16-49-28-40(38)63-2)43-42(44(48)60)45-51-39-10-9-37(26-32(39)14-20-58(45)53-43)56-23-21-54(22-24-56)29-31-12-17-55(18-13-31)35-5-7-36(8-6-35)57-19-15-41(59)52-47(57)62/h3-11,16,25-26,28,31,51H,12-15,17-24,27,29H2,1-2H3,(H2,48,60)(H,50,61)(H,52,59,62). The monoisotopic (exact) mass is 851 g/mol. The van der Waals surface area contributed by atoms with E-state index in [9.17, 15) is 19.2 Å². The Morgan fingerprint density at radius 2 is 1.59 bits per heavy atom. The number of nitrogens with one attached hydrogen (secondary N) is 3. The van der Waals surface area contributed by atoms with Crippen molar-refractivity contribution in [2.75, 3.05) is 79.5 Å². The third kappa shape index (κ3) is 8.76. The van der Waals surface area contributed by atoms with E-state index in [-0.39, 0.29) is 17.8 Å². The third-order valence-corrected chi connectivity index (χ3v) is 12.9. The predicted octanol–water partition coefficient (Wildman–Crippen LogP) is 5.08. The van der Waals surface area contributed by atoms with Crippen molar-refractivity contribution < 1.29 is 23.9 Å². The van der Waals surface area contributed by atoms with Gasteiger partial charge >= 0.3 is 6.03 Å². The van der Waals surface area contributed by atoms with Gasteiger partial charge in [-0.25, -0.2) is 9.48 Å². The van der Waals surface area contributed by atoms with E-state index in [1.54, 1.807) is 17.2 Å². The molecule has 5 amide bonds. The zero-order valence-corrected chi connectivity index (χ0v) is 35.7. The topological polar surface area (TPSA) is 183 Å². The van der Waals surface area contributed by atoms with Gasteiger partial charge < -0.3 is 30.9 Å². The van der Waals surface area contributed by atoms with Crippen molar-refractivity contribution in [1.82, 2.24) is 30.3 Å². The number of hydrogen-bond donors (Lipinski definition) is 4. The number of fused-ring (bicyclic) bond motifs is 2. The van der Waals surface area contributed by atoms with Gasteiger partial charge in [-0.2, -0.15) is 5.10 Å². The quantitative estimate of drug-likeness (QED) is 0.139. The molecule has 3 fully saturated rings. The van der Waals surface area contributed by atoms with Gasteiger partial charge in [0.1, 0.15) is 22.8 Å². The minimum Gasteiger partial charge on any atom is -0.494 e. The van der Waals surface area contributed by atoms with E-state index < -0.39 is 5.91 Å². The number of aromatic nitrogens is 3. The first-order valence-corrected chi connectivity index (χ1v) is 21.7. The van der Waals surface area contributed by atoms with Gasteiger partial charge in [-0.3, -0.25) is 34.5 Å². The highest BCUT2D eigenvalue weighted by Crippen LogP contribution is 2.37. The summed E-state index contributed by atoms with van der Waals surface area (Å²) in [5.74, 6) is 0.606. The summed E-state index contributed by atoms with van der Waals surface area (Å²) in [6.45, 7) is 10.3. The van der Waals surface area contributed by atoms with Crippen molar-refractivity contribution in [3.8, 4) is 17.0 Å². The van der Waals surface area contributed by atoms with Gasteiger partial charge in [0, 0.05) is 106 Å². The van der Waals surface area contributed by atoms with E-state index in [0.29, 0.717) is 60.4 Å². The summed E-state index contributed by atoms with van der Waals surface area (Å²) >= 11 is 0. The normalized spacial score (nSPS) is 17.0. The summed E-state index contributed by atoms with van der Waals surface area (Å²) in [5.41, 5.74) is 15.2. The van der Waals surface area contributed by atoms with Crippen LogP contribution in [0.1, 0.15) is 56.7 Å². The molecule has 6 heterocycles. The second-order valence-electron chi connectivity index (χ2n) is 16.8. The van der Waals surface area contributed by atoms with Crippen LogP contribution in [-0.2, 0) is 24.3 Å². The van der Waals surface area contributed by atoms with Crippen LogP contribution in [0, 0.1) is 12.8 Å². The molecule has 4 aliphatic rings. The molecule has 0 aliphatic carbocycles. The fraction of sp³-hybridized carbons (Fsp3) is 0.362. The number of imide groups is 1. The molecule has 4 aliphatic heterocycles. The van der Waals surface area contributed by atoms with E-state index >= 15 is 0 Å². The zero-order chi connectivity index (χ0) is 43.6. The Bertz CT molecular complexity index is 2540. The van der Waals surface area contributed by atoms with E-state index in [1.807, 2.05) is 41.9 Å². The van der Waals surface area contributed by atoms with E-state index in [2.05, 4.69) is 66.0 Å². The molecule has 5 aromatic rings. The van der Waals surface area contributed by atoms with Gasteiger partial charge in [-0.15, -0.1) is 0 Å². The third-order valence-electron chi connectivity index (χ3n) is 12.9. The highest BCUT2D eigenvalue weighted by atomic mass is 16.5. The maximum atomic E-state index is 13.1. The molecule has 326 valence electrons. The van der Waals surface area contributed by atoms with Crippen molar-refractivity contribution >= 4 is 52.3 Å². The van der Waals surface area contributed by atoms with Crippen molar-refractivity contribution in [1.29, 1.82) is 0 Å². The van der Waals surface area contributed by atoms with Crippen LogP contribution < -0.4 is 41.1 Å². The number of primary amides is 1. The number of ether oxygens (including phenoxy) is 1. The van der Waals surface area contributed by atoms with Gasteiger partial charge in [0.2, 0.25) is 5.91 Å². The molecule has 0 bridgehead atoms. The van der Waals surface area contributed by atoms with Gasteiger partial charge in [0.05, 0.1) is 18.9 Å². The van der Waals surface area contributed by atoms with Gasteiger partial charge in [0.15, 0.2) is 0 Å². The largest absolute Gasteiger partial charge is 0.494 e. The average molecular weight is 852 g/mol. The zero-order valence-electron chi connectivity index (χ0n) is 35.7. The van der Waals surface area contributed by atoms with Crippen LogP contribution in [0.5, 0.6) is 5.75 Å². The second-order valence-corrected chi connectivity index (χ2v) is 16.8. The molecule has 0 radical (unpaired) electrons. The molecule has 0 spiro atoms. The average Bonchev–Trinajstić information content (AvgIpc) is 3.57. The molecule has 0 atom stereocenters. The number of benzene rings is 3. The predicted molar refractivity (Wildman–Crippen MR) is 242 cm³/mol. The molecule has 0 saturated carbocycles. The summed E-state index contributed by atoms with van der Waals surface area (Å²) in [7, 11) is 1.50. The van der Waals surface area contributed by atoms with Crippen LogP contribution in [0.25, 0.3) is 11.3 Å². The fourth-order valence-electron chi connectivity index (χ4n) is 9.27. The number of anilines is 5. The van der Waals surface area contributed by atoms with Crippen LogP contribution in [0.3, 0.4) is 0 Å². The lowest BCUT2D eigenvalue weighted by molar-refractivity contribution is -0.120. The number of carbonyl (C=O) groups is 4. The highest BCUT2D eigenvalue weighted by Gasteiger charge is 2.29. The maximum Gasteiger partial charge on any atom is 0.328 e. The fourth-order valence-corrected chi connectivity index (χ4v) is 9.27. The number of amides is 5. The van der Waals surface area contributed by atoms with Crippen LogP contribution in [-0.4, -0.2) is 103 Å². The first-order chi connectivity index (χ1) is 30.6. The Morgan fingerprint density at radius 3 is 2.32 bits per heavy atom. The maximum absolute atomic E-state index is 13.1. The summed E-state index contributed by atoms with van der Waals surface area (Å²) in [5, 5.41) is 13.8. The Balaban J connectivity index is 0.781. The summed E-state index contributed by atoms with van der Waals surface area (Å²) < 4.78 is 7.14. The lowest BCUT2D eigenvalue weighted by atomic mass is 9.95. The molecule has 63 heavy (non-hydrogen) atoms. The number of hydrogen-bond acceptors (Lipinski definition) is 11. The molecule has 3 saturated heterocycles. The summed E-state index contributed by atoms with van der Waals surface area (Å²) in [4.78, 5) is 62.9. The van der Waals surface area contributed by atoms with Crippen molar-refractivity contribution in [2.45, 2.75) is 45.7 Å². The number of methoxy groups -OCH3 is 1. The summed E-state index contributed by atoms with van der Waals surface area (Å²) in [6, 6.07) is 21.7. The van der Waals surface area contributed by atoms with Crippen molar-refractivity contribution in [3.63, 3.8) is 0 Å². The van der Waals surface area contributed by atoms with E-state index in [1.165, 1.54) is 30.2 Å². The Morgan fingerprint density at radius 1 is 0.841 bits per heavy atom. The minimum atomic E-state index is -0.556. The molecule has 9 rings (SSSR count). The Labute approximate surface area is 366 Å². The molecular formula is C47H53N11O5. The molecule has 16 heteroatoms. The van der Waals surface area contributed by atoms with Crippen LogP contribution >= 0.6 is 0 Å². The van der Waals surface area contributed by atoms with Gasteiger partial charge in [0.25, 0.3) is 11.8 Å². The number of aryl methyl sites for hydroxylation is 3. The van der Waals surface area contributed by atoms with E-state index in [4.69, 9.17) is 15.6 Å². The second kappa shape index (κ2) is 17.8. The molecular weight excluding hydrogens is 799 g/mol. The van der Waals surface area contributed by atoms with Crippen LogP contribution in [0.4, 0.5) is 33.4 Å². The number of carbonyl (C=O) groups excluding carboxylic acids is 4. The number of urea groups is 1. The number of nitrogens with zero attached hydrogens (tertiary/aromatic N) is 7. The lowest BCUT2D eigenvalue weighted by Gasteiger charge is -2.40. The number of piperazine rings is 1. The lowest BCUT2D eigenvalue weighted by Crippen LogP contribution is -2.49. The van der Waals surface area contributed by atoms with Crippen LogP contribution in [0.2, 0.25) is 0 Å². The molecule has 16 nitrogen and oxygen atoms in total. The Hall–Kier alpha value is -6.94. The number of piperidine rings is 1. The number of nitrogens with two attached hydrogens (primary N) is 1. The molecule has 2 aromatic heterocycles. The van der Waals surface area contributed by atoms with Gasteiger partial charge in [-0.1, -0.05) is 12.1 Å². The first kappa shape index (κ1) is 41.4. The molecule has 0 unspecified atom stereocenters. The Kier molecular flexibility index (Phi) is 11.7.